The fraction of sp³-hybridized carbons (Fsp3) is 0.167. The van der Waals surface area contributed by atoms with Crippen LogP contribution in [0.15, 0.2) is 60.1 Å². The number of aryl methyl sites for hydroxylation is 1. The third-order valence-corrected chi connectivity index (χ3v) is 4.29. The highest BCUT2D eigenvalue weighted by Gasteiger charge is 2.33. The van der Waals surface area contributed by atoms with E-state index in [9.17, 15) is 4.79 Å². The second kappa shape index (κ2) is 6.40. The molecule has 4 rings (SSSR count). The van der Waals surface area contributed by atoms with E-state index in [4.69, 9.17) is 0 Å². The molecule has 0 aliphatic carbocycles. The molecule has 26 heavy (non-hydrogen) atoms. The lowest BCUT2D eigenvalue weighted by molar-refractivity contribution is -0.113. The molecule has 0 spiro atoms. The van der Waals surface area contributed by atoms with Crippen LogP contribution in [0.2, 0.25) is 0 Å². The van der Waals surface area contributed by atoms with E-state index in [1.807, 2.05) is 50.2 Å². The van der Waals surface area contributed by atoms with Crippen molar-refractivity contribution in [1.82, 2.24) is 25.2 Å². The summed E-state index contributed by atoms with van der Waals surface area (Å²) in [6, 6.07) is 10.9. The minimum Gasteiger partial charge on any atom is -0.326 e. The Morgan fingerprint density at radius 1 is 1.12 bits per heavy atom. The number of hydrogen-bond acceptors (Lipinski definition) is 6. The van der Waals surface area contributed by atoms with E-state index in [2.05, 4.69) is 31.1 Å². The monoisotopic (exact) mass is 347 g/mol. The Bertz CT molecular complexity index is 976. The van der Waals surface area contributed by atoms with Gasteiger partial charge in [0.2, 0.25) is 5.95 Å². The maximum atomic E-state index is 13.1. The van der Waals surface area contributed by atoms with Gasteiger partial charge >= 0.3 is 0 Å². The van der Waals surface area contributed by atoms with Crippen molar-refractivity contribution in [1.29, 1.82) is 0 Å². The molecule has 2 N–H and O–H groups in total. The summed E-state index contributed by atoms with van der Waals surface area (Å²) in [4.78, 5) is 17.1. The smallest absolute Gasteiger partial charge is 0.255 e. The van der Waals surface area contributed by atoms with Crippen molar-refractivity contribution in [2.45, 2.75) is 19.9 Å². The summed E-state index contributed by atoms with van der Waals surface area (Å²) in [5.74, 6) is 0.290. The van der Waals surface area contributed by atoms with Crippen LogP contribution >= 0.6 is 0 Å². The molecular weight excluding hydrogens is 330 g/mol. The average molecular weight is 347 g/mol. The SMILES string of the molecule is CC1=C(C(=O)Nc2ccc(C)cc2)C(c2ccncc2)n2nnnc2N1. The van der Waals surface area contributed by atoms with Crippen LogP contribution in [0.1, 0.15) is 24.1 Å². The summed E-state index contributed by atoms with van der Waals surface area (Å²) in [5.41, 5.74) is 4.00. The predicted octanol–water partition coefficient (Wildman–Crippen LogP) is 2.30. The Kier molecular flexibility index (Phi) is 3.92. The molecule has 0 saturated carbocycles. The first kappa shape index (κ1) is 15.9. The highest BCUT2D eigenvalue weighted by molar-refractivity contribution is 6.06. The number of aromatic nitrogens is 5. The van der Waals surface area contributed by atoms with Gasteiger partial charge in [0.1, 0.15) is 6.04 Å². The van der Waals surface area contributed by atoms with Gasteiger partial charge in [0.15, 0.2) is 0 Å². The summed E-state index contributed by atoms with van der Waals surface area (Å²) in [7, 11) is 0. The molecule has 1 amide bonds. The van der Waals surface area contributed by atoms with Gasteiger partial charge in [-0.05, 0) is 54.1 Å². The molecule has 130 valence electrons. The van der Waals surface area contributed by atoms with Crippen LogP contribution in [-0.4, -0.2) is 31.1 Å². The number of rotatable bonds is 3. The van der Waals surface area contributed by atoms with Crippen LogP contribution < -0.4 is 10.6 Å². The number of nitrogens with zero attached hydrogens (tertiary/aromatic N) is 5. The van der Waals surface area contributed by atoms with E-state index in [1.54, 1.807) is 17.1 Å². The number of fused-ring (bicyclic) bond motifs is 1. The van der Waals surface area contributed by atoms with Gasteiger partial charge in [0, 0.05) is 23.8 Å². The van der Waals surface area contributed by atoms with Crippen molar-refractivity contribution in [2.24, 2.45) is 0 Å². The van der Waals surface area contributed by atoms with Gasteiger partial charge < -0.3 is 10.6 Å². The number of anilines is 2. The first-order valence-corrected chi connectivity index (χ1v) is 8.17. The molecule has 8 nitrogen and oxygen atoms in total. The van der Waals surface area contributed by atoms with Crippen LogP contribution in [0.25, 0.3) is 0 Å². The predicted molar refractivity (Wildman–Crippen MR) is 96.3 cm³/mol. The zero-order valence-corrected chi connectivity index (χ0v) is 14.3. The number of carbonyl (C=O) groups excluding carboxylic acids is 1. The molecule has 0 radical (unpaired) electrons. The number of amides is 1. The van der Waals surface area contributed by atoms with Crippen LogP contribution in [0.4, 0.5) is 11.6 Å². The van der Waals surface area contributed by atoms with Gasteiger partial charge in [-0.15, -0.1) is 0 Å². The van der Waals surface area contributed by atoms with Crippen LogP contribution in [0.5, 0.6) is 0 Å². The zero-order chi connectivity index (χ0) is 18.1. The summed E-state index contributed by atoms with van der Waals surface area (Å²) in [5, 5.41) is 17.8. The molecule has 0 bridgehead atoms. The van der Waals surface area contributed by atoms with Crippen molar-refractivity contribution in [3.05, 3.63) is 71.2 Å². The molecular formula is C18H17N7O. The van der Waals surface area contributed by atoms with Gasteiger partial charge in [-0.3, -0.25) is 9.78 Å². The Hall–Kier alpha value is -3.55. The highest BCUT2D eigenvalue weighted by atomic mass is 16.1. The number of hydrogen-bond donors (Lipinski definition) is 2. The number of nitrogens with one attached hydrogen (secondary N) is 2. The van der Waals surface area contributed by atoms with E-state index in [1.165, 1.54) is 0 Å². The Labute approximate surface area is 150 Å². The molecule has 3 heterocycles. The first-order valence-electron chi connectivity index (χ1n) is 8.17. The molecule has 1 aliphatic heterocycles. The molecule has 1 aliphatic rings. The van der Waals surface area contributed by atoms with Crippen molar-refractivity contribution in [3.63, 3.8) is 0 Å². The van der Waals surface area contributed by atoms with Crippen LogP contribution in [-0.2, 0) is 4.79 Å². The maximum Gasteiger partial charge on any atom is 0.255 e. The summed E-state index contributed by atoms with van der Waals surface area (Å²) in [6.45, 7) is 3.85. The first-order chi connectivity index (χ1) is 12.6. The second-order valence-corrected chi connectivity index (χ2v) is 6.11. The topological polar surface area (TPSA) is 97.6 Å². The largest absolute Gasteiger partial charge is 0.326 e. The Morgan fingerprint density at radius 3 is 2.58 bits per heavy atom. The number of pyridine rings is 1. The van der Waals surface area contributed by atoms with Crippen LogP contribution in [0, 0.1) is 6.92 Å². The number of tetrazole rings is 1. The van der Waals surface area contributed by atoms with E-state index in [0.717, 1.165) is 16.8 Å². The third-order valence-electron chi connectivity index (χ3n) is 4.29. The Balaban J connectivity index is 1.74. The lowest BCUT2D eigenvalue weighted by Crippen LogP contribution is -2.31. The number of benzene rings is 1. The van der Waals surface area contributed by atoms with E-state index < -0.39 is 6.04 Å². The second-order valence-electron chi connectivity index (χ2n) is 6.11. The van der Waals surface area contributed by atoms with Crippen molar-refractivity contribution >= 4 is 17.5 Å². The molecule has 3 aromatic rings. The summed E-state index contributed by atoms with van der Waals surface area (Å²) < 4.78 is 1.60. The average Bonchev–Trinajstić information content (AvgIpc) is 3.11. The fourth-order valence-corrected chi connectivity index (χ4v) is 3.00. The summed E-state index contributed by atoms with van der Waals surface area (Å²) in [6.07, 6.45) is 3.37. The normalized spacial score (nSPS) is 16.0. The van der Waals surface area contributed by atoms with Gasteiger partial charge in [-0.25, -0.2) is 0 Å². The molecule has 2 aromatic heterocycles. The number of allylic oxidation sites excluding steroid dienone is 1. The fourth-order valence-electron chi connectivity index (χ4n) is 3.00. The van der Waals surface area contributed by atoms with E-state index in [0.29, 0.717) is 17.2 Å². The van der Waals surface area contributed by atoms with Crippen LogP contribution in [0.3, 0.4) is 0 Å². The third kappa shape index (κ3) is 2.81. The standard InChI is InChI=1S/C18H17N7O/c1-11-3-5-14(6-4-11)21-17(26)15-12(2)20-18-22-23-24-25(18)16(15)13-7-9-19-10-8-13/h3-10,16H,1-2H3,(H,21,26)(H,20,22,24). The summed E-state index contributed by atoms with van der Waals surface area (Å²) >= 11 is 0. The Morgan fingerprint density at radius 2 is 1.85 bits per heavy atom. The van der Waals surface area contributed by atoms with Gasteiger partial charge in [-0.2, -0.15) is 4.68 Å². The minimum atomic E-state index is -0.435. The van der Waals surface area contributed by atoms with Crippen molar-refractivity contribution in [3.8, 4) is 0 Å². The van der Waals surface area contributed by atoms with E-state index >= 15 is 0 Å². The van der Waals surface area contributed by atoms with Gasteiger partial charge in [-0.1, -0.05) is 22.8 Å². The zero-order valence-electron chi connectivity index (χ0n) is 14.3. The molecule has 0 saturated heterocycles. The molecule has 0 fully saturated rings. The molecule has 1 unspecified atom stereocenters. The molecule has 1 atom stereocenters. The van der Waals surface area contributed by atoms with Gasteiger partial charge in [0.25, 0.3) is 5.91 Å². The van der Waals surface area contributed by atoms with Crippen molar-refractivity contribution < 1.29 is 4.79 Å². The van der Waals surface area contributed by atoms with E-state index in [-0.39, 0.29) is 5.91 Å². The lowest BCUT2D eigenvalue weighted by Gasteiger charge is -2.27. The van der Waals surface area contributed by atoms with Crippen molar-refractivity contribution in [2.75, 3.05) is 10.6 Å². The van der Waals surface area contributed by atoms with Gasteiger partial charge in [0.05, 0.1) is 5.57 Å². The molecule has 8 heteroatoms. The number of carbonyl (C=O) groups is 1. The maximum absolute atomic E-state index is 13.1. The quantitative estimate of drug-likeness (QED) is 0.754. The molecule has 1 aromatic carbocycles. The highest BCUT2D eigenvalue weighted by Crippen LogP contribution is 2.34. The lowest BCUT2D eigenvalue weighted by atomic mass is 9.96. The minimum absolute atomic E-state index is 0.207.